The van der Waals surface area contributed by atoms with E-state index in [0.29, 0.717) is 17.5 Å². The lowest BCUT2D eigenvalue weighted by Gasteiger charge is -2.09. The quantitative estimate of drug-likeness (QED) is 0.774. The molecule has 0 spiro atoms. The summed E-state index contributed by atoms with van der Waals surface area (Å²) in [6, 6.07) is 7.98. The Morgan fingerprint density at radius 2 is 2.21 bits per heavy atom. The molecule has 1 aromatic rings. The van der Waals surface area contributed by atoms with Crippen molar-refractivity contribution in [1.29, 1.82) is 0 Å². The first-order valence-electron chi connectivity index (χ1n) is 4.60. The molecule has 3 heteroatoms. The first kappa shape index (κ1) is 11.0. The highest BCUT2D eigenvalue weighted by molar-refractivity contribution is 7.80. The van der Waals surface area contributed by atoms with E-state index in [4.69, 9.17) is 22.7 Å². The lowest BCUT2D eigenvalue weighted by Crippen LogP contribution is -2.17. The lowest BCUT2D eigenvalue weighted by atomic mass is 10.0. The zero-order chi connectivity index (χ0) is 10.6. The van der Waals surface area contributed by atoms with Gasteiger partial charge in [-0.1, -0.05) is 38.2 Å². The number of rotatable bonds is 4. The topological polar surface area (TPSA) is 35.2 Å². The summed E-state index contributed by atoms with van der Waals surface area (Å²) >= 11 is 4.73. The van der Waals surface area contributed by atoms with Gasteiger partial charge in [-0.3, -0.25) is 0 Å². The highest BCUT2D eigenvalue weighted by atomic mass is 32.1. The van der Waals surface area contributed by atoms with Gasteiger partial charge in [0.05, 0.1) is 0 Å². The van der Waals surface area contributed by atoms with Crippen molar-refractivity contribution in [3.63, 3.8) is 0 Å². The van der Waals surface area contributed by atoms with E-state index in [-0.39, 0.29) is 0 Å². The molecule has 0 aliphatic rings. The minimum atomic E-state index is 0.302. The van der Waals surface area contributed by atoms with Crippen LogP contribution in [-0.2, 0) is 0 Å². The van der Waals surface area contributed by atoms with Crippen molar-refractivity contribution in [2.45, 2.75) is 19.8 Å². The molecule has 0 saturated carbocycles. The van der Waals surface area contributed by atoms with Gasteiger partial charge in [-0.15, -0.1) is 0 Å². The van der Waals surface area contributed by atoms with Crippen LogP contribution < -0.4 is 10.5 Å². The normalized spacial score (nSPS) is 10.2. The molecular weight excluding hydrogens is 194 g/mol. The maximum atomic E-state index is 5.39. The molecule has 76 valence electrons. The van der Waals surface area contributed by atoms with Crippen LogP contribution in [0.25, 0.3) is 0 Å². The molecule has 0 bridgehead atoms. The summed E-state index contributed by atoms with van der Waals surface area (Å²) < 4.78 is 5.39. The molecule has 0 amide bonds. The van der Waals surface area contributed by atoms with Gasteiger partial charge in [0.2, 0.25) is 0 Å². The zero-order valence-electron chi connectivity index (χ0n) is 8.49. The third-order valence-corrected chi connectivity index (χ3v) is 2.02. The maximum absolute atomic E-state index is 5.39. The van der Waals surface area contributed by atoms with Crippen LogP contribution in [0, 0.1) is 0 Å². The van der Waals surface area contributed by atoms with E-state index in [2.05, 4.69) is 19.9 Å². The Bertz CT molecular complexity index is 323. The monoisotopic (exact) mass is 209 g/mol. The van der Waals surface area contributed by atoms with Crippen LogP contribution in [0.3, 0.4) is 0 Å². The van der Waals surface area contributed by atoms with Crippen molar-refractivity contribution >= 4 is 17.2 Å². The number of ether oxygens (including phenoxy) is 1. The standard InChI is InChI=1S/C11H15NOS/c1-8(2)9-4-3-5-10(6-9)13-7-11(12)14/h3-6,8H,7H2,1-2H3,(H2,12,14). The van der Waals surface area contributed by atoms with Crippen LogP contribution in [0.15, 0.2) is 24.3 Å². The highest BCUT2D eigenvalue weighted by Crippen LogP contribution is 2.19. The van der Waals surface area contributed by atoms with E-state index in [9.17, 15) is 0 Å². The van der Waals surface area contributed by atoms with E-state index in [1.54, 1.807) is 0 Å². The molecule has 0 fully saturated rings. The van der Waals surface area contributed by atoms with Gasteiger partial charge in [0, 0.05) is 0 Å². The Hall–Kier alpha value is -1.09. The second kappa shape index (κ2) is 4.96. The van der Waals surface area contributed by atoms with Gasteiger partial charge in [0.15, 0.2) is 0 Å². The van der Waals surface area contributed by atoms with Crippen LogP contribution >= 0.6 is 12.2 Å². The minimum Gasteiger partial charge on any atom is -0.486 e. The minimum absolute atomic E-state index is 0.302. The third-order valence-electron chi connectivity index (χ3n) is 1.91. The van der Waals surface area contributed by atoms with E-state index in [1.807, 2.05) is 18.2 Å². The molecule has 1 rings (SSSR count). The number of hydrogen-bond donors (Lipinski definition) is 1. The molecule has 0 aliphatic carbocycles. The summed E-state index contributed by atoms with van der Waals surface area (Å²) in [6.07, 6.45) is 0. The summed E-state index contributed by atoms with van der Waals surface area (Å²) in [5, 5.41) is 0. The van der Waals surface area contributed by atoms with E-state index in [0.717, 1.165) is 5.75 Å². The second-order valence-electron chi connectivity index (χ2n) is 3.48. The molecule has 0 radical (unpaired) electrons. The molecule has 0 atom stereocenters. The van der Waals surface area contributed by atoms with Crippen molar-refractivity contribution < 1.29 is 4.74 Å². The molecule has 2 N–H and O–H groups in total. The average molecular weight is 209 g/mol. The molecule has 14 heavy (non-hydrogen) atoms. The Labute approximate surface area is 90.1 Å². The van der Waals surface area contributed by atoms with Crippen LogP contribution in [0.1, 0.15) is 25.3 Å². The summed E-state index contributed by atoms with van der Waals surface area (Å²) in [4.78, 5) is 0.375. The molecule has 0 heterocycles. The maximum Gasteiger partial charge on any atom is 0.138 e. The van der Waals surface area contributed by atoms with Gasteiger partial charge in [-0.05, 0) is 23.6 Å². The van der Waals surface area contributed by atoms with Gasteiger partial charge >= 0.3 is 0 Å². The molecule has 0 saturated heterocycles. The van der Waals surface area contributed by atoms with Gasteiger partial charge in [-0.25, -0.2) is 0 Å². The Morgan fingerprint density at radius 3 is 2.79 bits per heavy atom. The predicted molar refractivity (Wildman–Crippen MR) is 62.8 cm³/mol. The SMILES string of the molecule is CC(C)c1cccc(OCC(N)=S)c1. The fraction of sp³-hybridized carbons (Fsp3) is 0.364. The zero-order valence-corrected chi connectivity index (χ0v) is 9.30. The van der Waals surface area contributed by atoms with E-state index >= 15 is 0 Å². The number of hydrogen-bond acceptors (Lipinski definition) is 2. The van der Waals surface area contributed by atoms with Crippen molar-refractivity contribution in [2.24, 2.45) is 5.73 Å². The Kier molecular flexibility index (Phi) is 3.89. The van der Waals surface area contributed by atoms with Crippen molar-refractivity contribution in [1.82, 2.24) is 0 Å². The molecule has 0 aromatic heterocycles. The molecule has 2 nitrogen and oxygen atoms in total. The van der Waals surface area contributed by atoms with Crippen molar-refractivity contribution in [3.05, 3.63) is 29.8 Å². The average Bonchev–Trinajstić information content (AvgIpc) is 2.15. The molecule has 0 unspecified atom stereocenters. The number of benzene rings is 1. The lowest BCUT2D eigenvalue weighted by molar-refractivity contribution is 0.377. The molecule has 0 aliphatic heterocycles. The second-order valence-corrected chi connectivity index (χ2v) is 4.01. The van der Waals surface area contributed by atoms with Crippen LogP contribution in [-0.4, -0.2) is 11.6 Å². The molecule has 1 aromatic carbocycles. The van der Waals surface area contributed by atoms with Gasteiger partial charge in [-0.2, -0.15) is 0 Å². The first-order chi connectivity index (χ1) is 6.59. The summed E-state index contributed by atoms with van der Waals surface area (Å²) in [6.45, 7) is 4.59. The van der Waals surface area contributed by atoms with Crippen LogP contribution in [0.2, 0.25) is 0 Å². The smallest absolute Gasteiger partial charge is 0.138 e. The summed E-state index contributed by atoms with van der Waals surface area (Å²) in [5.41, 5.74) is 6.60. The van der Waals surface area contributed by atoms with Crippen molar-refractivity contribution in [2.75, 3.05) is 6.61 Å². The number of thiocarbonyl (C=S) groups is 1. The van der Waals surface area contributed by atoms with E-state index < -0.39 is 0 Å². The van der Waals surface area contributed by atoms with Gasteiger partial charge < -0.3 is 10.5 Å². The first-order valence-corrected chi connectivity index (χ1v) is 5.01. The van der Waals surface area contributed by atoms with Crippen LogP contribution in [0.4, 0.5) is 0 Å². The highest BCUT2D eigenvalue weighted by Gasteiger charge is 2.00. The Morgan fingerprint density at radius 1 is 1.50 bits per heavy atom. The molecular formula is C11H15NOS. The van der Waals surface area contributed by atoms with Crippen LogP contribution in [0.5, 0.6) is 5.75 Å². The third kappa shape index (κ3) is 3.34. The summed E-state index contributed by atoms with van der Waals surface area (Å²) in [7, 11) is 0. The van der Waals surface area contributed by atoms with E-state index in [1.165, 1.54) is 5.56 Å². The van der Waals surface area contributed by atoms with Crippen molar-refractivity contribution in [3.8, 4) is 5.75 Å². The fourth-order valence-electron chi connectivity index (χ4n) is 1.12. The van der Waals surface area contributed by atoms with Gasteiger partial charge in [0.25, 0.3) is 0 Å². The largest absolute Gasteiger partial charge is 0.486 e. The van der Waals surface area contributed by atoms with Gasteiger partial charge in [0.1, 0.15) is 17.3 Å². The number of nitrogens with two attached hydrogens (primary N) is 1. The predicted octanol–water partition coefficient (Wildman–Crippen LogP) is 2.47. The Balaban J connectivity index is 2.68. The summed E-state index contributed by atoms with van der Waals surface area (Å²) in [5.74, 6) is 1.33. The fourth-order valence-corrected chi connectivity index (χ4v) is 1.18.